The second kappa shape index (κ2) is 6.88. The van der Waals surface area contributed by atoms with Gasteiger partial charge in [0.25, 0.3) is 5.91 Å². The summed E-state index contributed by atoms with van der Waals surface area (Å²) in [6.45, 7) is 0. The molecule has 2 N–H and O–H groups in total. The van der Waals surface area contributed by atoms with Gasteiger partial charge in [-0.25, -0.2) is 9.97 Å². The normalized spacial score (nSPS) is 14.2. The van der Waals surface area contributed by atoms with Gasteiger partial charge < -0.3 is 10.6 Å². The van der Waals surface area contributed by atoms with Crippen molar-refractivity contribution in [1.29, 1.82) is 5.26 Å². The molecule has 0 spiro atoms. The Kier molecular flexibility index (Phi) is 4.48. The minimum atomic E-state index is -0.324. The molecule has 1 aromatic carbocycles. The van der Waals surface area contributed by atoms with E-state index >= 15 is 0 Å². The highest BCUT2D eigenvalue weighted by Crippen LogP contribution is 2.21. The Balaban J connectivity index is 1.61. The number of carbonyl (C=O) groups is 1. The summed E-state index contributed by atoms with van der Waals surface area (Å²) in [5.74, 6) is 0.376. The number of nitrogens with zero attached hydrogens (tertiary/aromatic N) is 3. The van der Waals surface area contributed by atoms with E-state index < -0.39 is 0 Å². The van der Waals surface area contributed by atoms with E-state index in [1.165, 1.54) is 19.0 Å². The van der Waals surface area contributed by atoms with Crippen molar-refractivity contribution in [2.75, 3.05) is 10.6 Å². The molecule has 2 aromatic rings. The molecule has 1 aliphatic carbocycles. The highest BCUT2D eigenvalue weighted by atomic mass is 16.1. The molecule has 116 valence electrons. The van der Waals surface area contributed by atoms with Crippen LogP contribution in [-0.2, 0) is 0 Å². The highest BCUT2D eigenvalue weighted by Gasteiger charge is 2.15. The SMILES string of the molecule is N#Cc1ccc(NC(=O)c2cnc(NC3CCCC3)cn2)cc1. The number of rotatable bonds is 4. The molecule has 1 heterocycles. The molecule has 0 aliphatic heterocycles. The van der Waals surface area contributed by atoms with Gasteiger partial charge in [0.2, 0.25) is 0 Å². The number of nitrogens with one attached hydrogen (secondary N) is 2. The zero-order valence-corrected chi connectivity index (χ0v) is 12.6. The van der Waals surface area contributed by atoms with Crippen LogP contribution in [0.2, 0.25) is 0 Å². The number of carbonyl (C=O) groups excluding carboxylic acids is 1. The first kappa shape index (κ1) is 15.0. The number of aromatic nitrogens is 2. The summed E-state index contributed by atoms with van der Waals surface area (Å²) >= 11 is 0. The van der Waals surface area contributed by atoms with Crippen molar-refractivity contribution in [2.24, 2.45) is 0 Å². The molecule has 6 heteroatoms. The van der Waals surface area contributed by atoms with Crippen molar-refractivity contribution in [3.05, 3.63) is 47.9 Å². The smallest absolute Gasteiger partial charge is 0.275 e. The molecule has 3 rings (SSSR count). The first-order chi connectivity index (χ1) is 11.2. The Morgan fingerprint density at radius 3 is 2.48 bits per heavy atom. The lowest BCUT2D eigenvalue weighted by atomic mass is 10.2. The lowest BCUT2D eigenvalue weighted by molar-refractivity contribution is 0.102. The van der Waals surface area contributed by atoms with E-state index in [0.29, 0.717) is 23.1 Å². The van der Waals surface area contributed by atoms with Gasteiger partial charge in [-0.3, -0.25) is 4.79 Å². The van der Waals surface area contributed by atoms with Gasteiger partial charge in [0.1, 0.15) is 11.5 Å². The van der Waals surface area contributed by atoms with E-state index in [2.05, 4.69) is 20.6 Å². The predicted octanol–water partition coefficient (Wildman–Crippen LogP) is 2.96. The van der Waals surface area contributed by atoms with Crippen molar-refractivity contribution in [1.82, 2.24) is 9.97 Å². The molecule has 0 radical (unpaired) electrons. The van der Waals surface area contributed by atoms with Gasteiger partial charge in [-0.05, 0) is 37.1 Å². The average Bonchev–Trinajstić information content (AvgIpc) is 3.09. The maximum Gasteiger partial charge on any atom is 0.275 e. The standard InChI is InChI=1S/C17H17N5O/c18-9-12-5-7-14(8-6-12)22-17(23)15-10-20-16(11-19-15)21-13-3-1-2-4-13/h5-8,10-11,13H,1-4H2,(H,20,21)(H,22,23). The average molecular weight is 307 g/mol. The Morgan fingerprint density at radius 2 is 1.87 bits per heavy atom. The lowest BCUT2D eigenvalue weighted by Crippen LogP contribution is -2.17. The molecule has 0 saturated heterocycles. The van der Waals surface area contributed by atoms with Crippen LogP contribution in [0.3, 0.4) is 0 Å². The molecular weight excluding hydrogens is 290 g/mol. The molecule has 1 aromatic heterocycles. The maximum absolute atomic E-state index is 12.1. The van der Waals surface area contributed by atoms with E-state index in [0.717, 1.165) is 12.8 Å². The van der Waals surface area contributed by atoms with Crippen LogP contribution in [0.4, 0.5) is 11.5 Å². The van der Waals surface area contributed by atoms with E-state index in [9.17, 15) is 4.79 Å². The first-order valence-electron chi connectivity index (χ1n) is 7.65. The van der Waals surface area contributed by atoms with Crippen LogP contribution < -0.4 is 10.6 Å². The fourth-order valence-corrected chi connectivity index (χ4v) is 2.62. The predicted molar refractivity (Wildman–Crippen MR) is 87.0 cm³/mol. The summed E-state index contributed by atoms with van der Waals surface area (Å²) < 4.78 is 0. The van der Waals surface area contributed by atoms with Crippen molar-refractivity contribution in [3.63, 3.8) is 0 Å². The van der Waals surface area contributed by atoms with Crippen molar-refractivity contribution < 1.29 is 4.79 Å². The van der Waals surface area contributed by atoms with Gasteiger partial charge in [-0.15, -0.1) is 0 Å². The van der Waals surface area contributed by atoms with E-state index in [1.54, 1.807) is 30.5 Å². The summed E-state index contributed by atoms with van der Waals surface area (Å²) in [7, 11) is 0. The fraction of sp³-hybridized carbons (Fsp3) is 0.294. The van der Waals surface area contributed by atoms with Gasteiger partial charge in [0, 0.05) is 11.7 Å². The fourth-order valence-electron chi connectivity index (χ4n) is 2.62. The van der Waals surface area contributed by atoms with Gasteiger partial charge in [-0.1, -0.05) is 12.8 Å². The molecule has 6 nitrogen and oxygen atoms in total. The number of anilines is 2. The van der Waals surface area contributed by atoms with Crippen molar-refractivity contribution in [3.8, 4) is 6.07 Å². The third-order valence-corrected chi connectivity index (χ3v) is 3.86. The molecule has 23 heavy (non-hydrogen) atoms. The molecule has 1 aliphatic rings. The molecule has 0 bridgehead atoms. The van der Waals surface area contributed by atoms with Gasteiger partial charge in [0.05, 0.1) is 24.0 Å². The van der Waals surface area contributed by atoms with Crippen molar-refractivity contribution >= 4 is 17.4 Å². The van der Waals surface area contributed by atoms with Gasteiger partial charge >= 0.3 is 0 Å². The summed E-state index contributed by atoms with van der Waals surface area (Å²) in [4.78, 5) is 20.5. The van der Waals surface area contributed by atoms with Crippen molar-refractivity contribution in [2.45, 2.75) is 31.7 Å². The van der Waals surface area contributed by atoms with E-state index in [1.807, 2.05) is 6.07 Å². The van der Waals surface area contributed by atoms with Crippen LogP contribution in [-0.4, -0.2) is 21.9 Å². The molecule has 0 unspecified atom stereocenters. The Hall–Kier alpha value is -2.94. The second-order valence-corrected chi connectivity index (χ2v) is 5.56. The Bertz CT molecular complexity index is 712. The number of benzene rings is 1. The topological polar surface area (TPSA) is 90.7 Å². The van der Waals surface area contributed by atoms with Gasteiger partial charge in [0.15, 0.2) is 0 Å². The number of amides is 1. The Labute approximate surface area is 134 Å². The minimum absolute atomic E-state index is 0.256. The monoisotopic (exact) mass is 307 g/mol. The van der Waals surface area contributed by atoms with E-state index in [4.69, 9.17) is 5.26 Å². The maximum atomic E-state index is 12.1. The Morgan fingerprint density at radius 1 is 1.13 bits per heavy atom. The van der Waals surface area contributed by atoms with Gasteiger partial charge in [-0.2, -0.15) is 5.26 Å². The first-order valence-corrected chi connectivity index (χ1v) is 7.65. The van der Waals surface area contributed by atoms with Crippen LogP contribution in [0.1, 0.15) is 41.7 Å². The van der Waals surface area contributed by atoms with Crippen LogP contribution in [0, 0.1) is 11.3 Å². The van der Waals surface area contributed by atoms with Crippen LogP contribution >= 0.6 is 0 Å². The summed E-state index contributed by atoms with van der Waals surface area (Å²) in [5.41, 5.74) is 1.42. The molecule has 1 fully saturated rings. The molecule has 0 atom stereocenters. The number of hydrogen-bond donors (Lipinski definition) is 2. The largest absolute Gasteiger partial charge is 0.366 e. The van der Waals surface area contributed by atoms with Crippen LogP contribution in [0.15, 0.2) is 36.7 Å². The lowest BCUT2D eigenvalue weighted by Gasteiger charge is -2.12. The van der Waals surface area contributed by atoms with E-state index in [-0.39, 0.29) is 11.6 Å². The third-order valence-electron chi connectivity index (χ3n) is 3.86. The number of nitriles is 1. The second-order valence-electron chi connectivity index (χ2n) is 5.56. The third kappa shape index (κ3) is 3.83. The molecular formula is C17H17N5O. The van der Waals surface area contributed by atoms with Crippen LogP contribution in [0.25, 0.3) is 0 Å². The molecule has 1 amide bonds. The summed E-state index contributed by atoms with van der Waals surface area (Å²) in [5, 5.41) is 14.8. The molecule has 1 saturated carbocycles. The highest BCUT2D eigenvalue weighted by molar-refractivity contribution is 6.02. The quantitative estimate of drug-likeness (QED) is 0.906. The minimum Gasteiger partial charge on any atom is -0.366 e. The number of hydrogen-bond acceptors (Lipinski definition) is 5. The van der Waals surface area contributed by atoms with Crippen LogP contribution in [0.5, 0.6) is 0 Å². The summed E-state index contributed by atoms with van der Waals surface area (Å²) in [6, 6.07) is 9.15. The zero-order chi connectivity index (χ0) is 16.1. The summed E-state index contributed by atoms with van der Waals surface area (Å²) in [6.07, 6.45) is 7.86. The zero-order valence-electron chi connectivity index (χ0n) is 12.6.